The lowest BCUT2D eigenvalue weighted by Crippen LogP contribution is -2.33. The molecular formula is C15H27N3O2. The van der Waals surface area contributed by atoms with Gasteiger partial charge in [0.25, 0.3) is 0 Å². The maximum Gasteiger partial charge on any atom is 0.223 e. The first-order chi connectivity index (χ1) is 9.36. The van der Waals surface area contributed by atoms with Crippen LogP contribution in [0.25, 0.3) is 0 Å². The van der Waals surface area contributed by atoms with Crippen molar-refractivity contribution in [1.29, 1.82) is 0 Å². The summed E-state index contributed by atoms with van der Waals surface area (Å²) in [5, 5.41) is 16.2. The number of nitrogens with zero attached hydrogens (tertiary/aromatic N) is 2. The smallest absolute Gasteiger partial charge is 0.223 e. The molecule has 114 valence electrons. The van der Waals surface area contributed by atoms with Crippen LogP contribution >= 0.6 is 0 Å². The second kappa shape index (κ2) is 7.43. The molecule has 1 rings (SSSR count). The Morgan fingerprint density at radius 1 is 1.40 bits per heavy atom. The number of aliphatic hydroxyl groups is 1. The highest BCUT2D eigenvalue weighted by Crippen LogP contribution is 2.17. The van der Waals surface area contributed by atoms with Gasteiger partial charge in [-0.25, -0.2) is 0 Å². The predicted octanol–water partition coefficient (Wildman–Crippen LogP) is 1.35. The van der Waals surface area contributed by atoms with E-state index in [4.69, 9.17) is 5.11 Å². The van der Waals surface area contributed by atoms with Crippen LogP contribution in [-0.4, -0.2) is 33.9 Å². The van der Waals surface area contributed by atoms with Gasteiger partial charge >= 0.3 is 0 Å². The van der Waals surface area contributed by atoms with E-state index >= 15 is 0 Å². The highest BCUT2D eigenvalue weighted by atomic mass is 16.3. The van der Waals surface area contributed by atoms with E-state index in [0.29, 0.717) is 18.9 Å². The van der Waals surface area contributed by atoms with Crippen LogP contribution in [0.4, 0.5) is 0 Å². The molecule has 0 aliphatic rings. The molecule has 0 saturated carbocycles. The molecule has 0 fully saturated rings. The van der Waals surface area contributed by atoms with Crippen LogP contribution < -0.4 is 5.32 Å². The normalized spacial score (nSPS) is 14.1. The van der Waals surface area contributed by atoms with Gasteiger partial charge in [-0.2, -0.15) is 5.10 Å². The molecule has 5 nitrogen and oxygen atoms in total. The van der Waals surface area contributed by atoms with Gasteiger partial charge in [0.1, 0.15) is 0 Å². The average molecular weight is 281 g/mol. The Bertz CT molecular complexity index is 454. The summed E-state index contributed by atoms with van der Waals surface area (Å²) >= 11 is 0. The Balaban J connectivity index is 2.53. The number of carbonyl (C=O) groups is 1. The zero-order chi connectivity index (χ0) is 15.3. The van der Waals surface area contributed by atoms with E-state index in [1.165, 1.54) is 5.56 Å². The van der Waals surface area contributed by atoms with Gasteiger partial charge in [0, 0.05) is 31.8 Å². The van der Waals surface area contributed by atoms with Crippen molar-refractivity contribution in [3.05, 3.63) is 17.0 Å². The van der Waals surface area contributed by atoms with Crippen molar-refractivity contribution in [2.24, 2.45) is 18.9 Å². The van der Waals surface area contributed by atoms with Gasteiger partial charge in [-0.3, -0.25) is 9.48 Å². The van der Waals surface area contributed by atoms with E-state index in [1.54, 1.807) is 0 Å². The number of aryl methyl sites for hydroxylation is 2. The lowest BCUT2D eigenvalue weighted by atomic mass is 9.98. The topological polar surface area (TPSA) is 67.2 Å². The minimum atomic E-state index is -0.0714. The molecular weight excluding hydrogens is 254 g/mol. The number of nitrogens with one attached hydrogen (secondary N) is 1. The van der Waals surface area contributed by atoms with E-state index in [9.17, 15) is 4.79 Å². The van der Waals surface area contributed by atoms with Crippen molar-refractivity contribution < 1.29 is 9.90 Å². The van der Waals surface area contributed by atoms with Gasteiger partial charge in [-0.05, 0) is 38.2 Å². The van der Waals surface area contributed by atoms with Crippen molar-refractivity contribution in [3.63, 3.8) is 0 Å². The monoisotopic (exact) mass is 281 g/mol. The fraction of sp³-hybridized carbons (Fsp3) is 0.733. The maximum atomic E-state index is 12.1. The Hall–Kier alpha value is -1.36. The van der Waals surface area contributed by atoms with Crippen molar-refractivity contribution in [3.8, 4) is 0 Å². The van der Waals surface area contributed by atoms with Gasteiger partial charge in [0.2, 0.25) is 5.91 Å². The number of rotatable bonds is 7. The van der Waals surface area contributed by atoms with Crippen molar-refractivity contribution in [2.75, 3.05) is 13.2 Å². The Kier molecular flexibility index (Phi) is 6.20. The maximum absolute atomic E-state index is 12.1. The van der Waals surface area contributed by atoms with Crippen LogP contribution in [0, 0.1) is 25.7 Å². The molecule has 0 aromatic carbocycles. The highest BCUT2D eigenvalue weighted by Gasteiger charge is 2.18. The second-order valence-electron chi connectivity index (χ2n) is 5.74. The minimum absolute atomic E-state index is 0.0671. The minimum Gasteiger partial charge on any atom is -0.396 e. The molecule has 0 aliphatic heterocycles. The lowest BCUT2D eigenvalue weighted by Gasteiger charge is -2.15. The first-order valence-electron chi connectivity index (χ1n) is 7.24. The van der Waals surface area contributed by atoms with E-state index < -0.39 is 0 Å². The van der Waals surface area contributed by atoms with Crippen LogP contribution in [0.3, 0.4) is 0 Å². The number of hydrogen-bond acceptors (Lipinski definition) is 3. The molecule has 1 heterocycles. The summed E-state index contributed by atoms with van der Waals surface area (Å²) in [5.74, 6) is 0.299. The highest BCUT2D eigenvalue weighted by molar-refractivity contribution is 5.78. The summed E-state index contributed by atoms with van der Waals surface area (Å²) in [6.45, 7) is 8.77. The third-order valence-electron chi connectivity index (χ3n) is 3.86. The van der Waals surface area contributed by atoms with Crippen LogP contribution in [-0.2, 0) is 18.3 Å². The summed E-state index contributed by atoms with van der Waals surface area (Å²) in [6.07, 6.45) is 1.43. The van der Waals surface area contributed by atoms with Crippen LogP contribution in [0.2, 0.25) is 0 Å². The zero-order valence-electron chi connectivity index (χ0n) is 13.2. The summed E-state index contributed by atoms with van der Waals surface area (Å²) in [4.78, 5) is 12.1. The molecule has 0 spiro atoms. The Labute approximate surface area is 121 Å². The van der Waals surface area contributed by atoms with Crippen molar-refractivity contribution in [2.45, 2.75) is 40.5 Å². The molecule has 2 atom stereocenters. The van der Waals surface area contributed by atoms with E-state index in [0.717, 1.165) is 17.8 Å². The molecule has 0 bridgehead atoms. The van der Waals surface area contributed by atoms with E-state index in [1.807, 2.05) is 39.4 Å². The molecule has 5 heteroatoms. The SMILES string of the molecule is Cc1nn(C)c(C)c1CC(C)C(=O)NCC(C)CCO. The Morgan fingerprint density at radius 2 is 2.05 bits per heavy atom. The van der Waals surface area contributed by atoms with E-state index in [2.05, 4.69) is 10.4 Å². The van der Waals surface area contributed by atoms with E-state index in [-0.39, 0.29) is 18.4 Å². The quantitative estimate of drug-likeness (QED) is 0.793. The van der Waals surface area contributed by atoms with Crippen LogP contribution in [0.1, 0.15) is 37.2 Å². The fourth-order valence-corrected chi connectivity index (χ4v) is 2.28. The number of aliphatic hydroxyl groups excluding tert-OH is 1. The fourth-order valence-electron chi connectivity index (χ4n) is 2.28. The van der Waals surface area contributed by atoms with Gasteiger partial charge in [-0.15, -0.1) is 0 Å². The predicted molar refractivity (Wildman–Crippen MR) is 79.4 cm³/mol. The number of amides is 1. The van der Waals surface area contributed by atoms with Crippen LogP contribution in [0.5, 0.6) is 0 Å². The summed E-state index contributed by atoms with van der Waals surface area (Å²) < 4.78 is 1.86. The third-order valence-corrected chi connectivity index (χ3v) is 3.86. The first-order valence-corrected chi connectivity index (χ1v) is 7.24. The van der Waals surface area contributed by atoms with Crippen LogP contribution in [0.15, 0.2) is 0 Å². The van der Waals surface area contributed by atoms with Gasteiger partial charge in [0.15, 0.2) is 0 Å². The molecule has 1 amide bonds. The molecule has 0 radical (unpaired) electrons. The number of hydrogen-bond donors (Lipinski definition) is 2. The largest absolute Gasteiger partial charge is 0.396 e. The molecule has 0 aliphatic carbocycles. The summed E-state index contributed by atoms with van der Waals surface area (Å²) in [6, 6.07) is 0. The average Bonchev–Trinajstić information content (AvgIpc) is 2.63. The van der Waals surface area contributed by atoms with Gasteiger partial charge in [-0.1, -0.05) is 13.8 Å². The second-order valence-corrected chi connectivity index (χ2v) is 5.74. The molecule has 1 aromatic heterocycles. The lowest BCUT2D eigenvalue weighted by molar-refractivity contribution is -0.124. The summed E-state index contributed by atoms with van der Waals surface area (Å²) in [7, 11) is 1.92. The summed E-state index contributed by atoms with van der Waals surface area (Å²) in [5.41, 5.74) is 3.28. The standard InChI is InChI=1S/C15H27N3O2/c1-10(6-7-19)9-16-15(20)11(2)8-14-12(3)17-18(5)13(14)4/h10-11,19H,6-9H2,1-5H3,(H,16,20). The molecule has 2 unspecified atom stereocenters. The molecule has 2 N–H and O–H groups in total. The Morgan fingerprint density at radius 3 is 2.55 bits per heavy atom. The molecule has 1 aromatic rings. The van der Waals surface area contributed by atoms with Crippen molar-refractivity contribution >= 4 is 5.91 Å². The first kappa shape index (κ1) is 16.7. The number of aromatic nitrogens is 2. The number of carbonyl (C=O) groups excluding carboxylic acids is 1. The zero-order valence-corrected chi connectivity index (χ0v) is 13.2. The molecule has 20 heavy (non-hydrogen) atoms. The van der Waals surface area contributed by atoms with Crippen molar-refractivity contribution in [1.82, 2.24) is 15.1 Å². The third kappa shape index (κ3) is 4.34. The van der Waals surface area contributed by atoms with Gasteiger partial charge < -0.3 is 10.4 Å². The molecule has 0 saturated heterocycles. The van der Waals surface area contributed by atoms with Gasteiger partial charge in [0.05, 0.1) is 5.69 Å².